The van der Waals surface area contributed by atoms with Crippen LogP contribution in [0.2, 0.25) is 0 Å². The van der Waals surface area contributed by atoms with Gasteiger partial charge in [-0.05, 0) is 12.1 Å². The molecular weight excluding hydrogens is 152 g/mol. The highest BCUT2D eigenvalue weighted by atomic mass is 16.3. The van der Waals surface area contributed by atoms with Gasteiger partial charge in [-0.1, -0.05) is 0 Å². The lowest BCUT2D eigenvalue weighted by molar-refractivity contribution is -0.723. The van der Waals surface area contributed by atoms with Crippen LogP contribution in [0.4, 0.5) is 0 Å². The molecule has 0 spiro atoms. The molecular formula is C9H13N2O+. The molecule has 0 fully saturated rings. The Balaban J connectivity index is 2.42. The number of hydrogen-bond donors (Lipinski definition) is 1. The first-order valence-corrected chi connectivity index (χ1v) is 3.92. The molecule has 2 N–H and O–H groups in total. The van der Waals surface area contributed by atoms with Crippen LogP contribution in [-0.2, 0) is 6.54 Å². The summed E-state index contributed by atoms with van der Waals surface area (Å²) in [6.07, 6.45) is 1.64. The van der Waals surface area contributed by atoms with Crippen molar-refractivity contribution in [1.29, 1.82) is 5.26 Å². The van der Waals surface area contributed by atoms with E-state index in [4.69, 9.17) is 9.68 Å². The zero-order valence-corrected chi connectivity index (χ0v) is 7.37. The van der Waals surface area contributed by atoms with E-state index >= 15 is 0 Å². The van der Waals surface area contributed by atoms with Crippen molar-refractivity contribution >= 4 is 0 Å². The molecule has 0 atom stereocenters. The highest BCUT2D eigenvalue weighted by molar-refractivity contribution is 4.97. The summed E-state index contributed by atoms with van der Waals surface area (Å²) >= 11 is 0. The molecule has 0 aliphatic rings. The molecule has 3 heteroatoms. The third-order valence-corrected chi connectivity index (χ3v) is 1.68. The minimum Gasteiger partial charge on any atom is -0.463 e. The van der Waals surface area contributed by atoms with Crippen molar-refractivity contribution in [3.63, 3.8) is 0 Å². The van der Waals surface area contributed by atoms with E-state index in [1.807, 2.05) is 31.3 Å². The predicted molar refractivity (Wildman–Crippen MR) is 44.0 cm³/mol. The van der Waals surface area contributed by atoms with Gasteiger partial charge < -0.3 is 9.73 Å². The maximum Gasteiger partial charge on any atom is 0.177 e. The summed E-state index contributed by atoms with van der Waals surface area (Å²) in [4.78, 5) is 0. The SMILES string of the molecule is CC(C)(C#N)[NH2+]Cc1ccco1. The van der Waals surface area contributed by atoms with E-state index in [1.54, 1.807) is 6.26 Å². The van der Waals surface area contributed by atoms with Crippen LogP contribution in [0.5, 0.6) is 0 Å². The summed E-state index contributed by atoms with van der Waals surface area (Å²) in [5, 5.41) is 10.7. The Bertz CT molecular complexity index is 269. The van der Waals surface area contributed by atoms with Crippen LogP contribution in [0.1, 0.15) is 19.6 Å². The van der Waals surface area contributed by atoms with Gasteiger partial charge in [-0.3, -0.25) is 0 Å². The molecule has 1 rings (SSSR count). The Kier molecular flexibility index (Phi) is 2.51. The highest BCUT2D eigenvalue weighted by Crippen LogP contribution is 1.97. The van der Waals surface area contributed by atoms with Gasteiger partial charge in [0.1, 0.15) is 12.6 Å². The second-order valence-corrected chi connectivity index (χ2v) is 3.32. The van der Waals surface area contributed by atoms with E-state index in [0.29, 0.717) is 6.54 Å². The van der Waals surface area contributed by atoms with E-state index in [9.17, 15) is 0 Å². The average molecular weight is 165 g/mol. The van der Waals surface area contributed by atoms with Crippen LogP contribution in [-0.4, -0.2) is 5.54 Å². The number of rotatable bonds is 3. The van der Waals surface area contributed by atoms with Crippen molar-refractivity contribution in [1.82, 2.24) is 0 Å². The molecule has 0 aromatic carbocycles. The molecule has 0 amide bonds. The summed E-state index contributed by atoms with van der Waals surface area (Å²) < 4.78 is 5.13. The Morgan fingerprint density at radius 3 is 2.92 bits per heavy atom. The van der Waals surface area contributed by atoms with Crippen LogP contribution in [0, 0.1) is 11.3 Å². The van der Waals surface area contributed by atoms with Crippen LogP contribution >= 0.6 is 0 Å². The topological polar surface area (TPSA) is 53.5 Å². The molecule has 1 heterocycles. The smallest absolute Gasteiger partial charge is 0.177 e. The van der Waals surface area contributed by atoms with E-state index in [0.717, 1.165) is 5.76 Å². The van der Waals surface area contributed by atoms with Crippen LogP contribution in [0.25, 0.3) is 0 Å². The number of quaternary nitrogens is 1. The number of nitriles is 1. The fourth-order valence-electron chi connectivity index (χ4n) is 0.830. The first-order chi connectivity index (χ1) is 5.64. The van der Waals surface area contributed by atoms with Crippen molar-refractivity contribution < 1.29 is 9.73 Å². The van der Waals surface area contributed by atoms with Gasteiger partial charge in [0.2, 0.25) is 0 Å². The van der Waals surface area contributed by atoms with Crippen molar-refractivity contribution in [3.05, 3.63) is 24.2 Å². The number of hydrogen-bond acceptors (Lipinski definition) is 2. The van der Waals surface area contributed by atoms with E-state index in [2.05, 4.69) is 6.07 Å². The molecule has 0 bridgehead atoms. The normalized spacial score (nSPS) is 11.1. The second-order valence-electron chi connectivity index (χ2n) is 3.32. The zero-order chi connectivity index (χ0) is 9.03. The van der Waals surface area contributed by atoms with Crippen LogP contribution in [0.15, 0.2) is 22.8 Å². The predicted octanol–water partition coefficient (Wildman–Crippen LogP) is 0.645. The van der Waals surface area contributed by atoms with E-state index < -0.39 is 0 Å². The van der Waals surface area contributed by atoms with Crippen molar-refractivity contribution in [2.45, 2.75) is 25.9 Å². The number of nitrogens with zero attached hydrogens (tertiary/aromatic N) is 1. The standard InChI is InChI=1S/C9H12N2O/c1-9(2,7-10)11-6-8-4-3-5-12-8/h3-5,11H,6H2,1-2H3/p+1. The summed E-state index contributed by atoms with van der Waals surface area (Å²) in [7, 11) is 0. The van der Waals surface area contributed by atoms with Gasteiger partial charge in [0.05, 0.1) is 6.26 Å². The third-order valence-electron chi connectivity index (χ3n) is 1.68. The largest absolute Gasteiger partial charge is 0.463 e. The lowest BCUT2D eigenvalue weighted by Crippen LogP contribution is -2.93. The maximum atomic E-state index is 8.71. The number of furan rings is 1. The van der Waals surface area contributed by atoms with Gasteiger partial charge in [-0.2, -0.15) is 5.26 Å². The molecule has 0 aliphatic carbocycles. The zero-order valence-electron chi connectivity index (χ0n) is 7.37. The maximum absolute atomic E-state index is 8.71. The fourth-order valence-corrected chi connectivity index (χ4v) is 0.830. The summed E-state index contributed by atoms with van der Waals surface area (Å²) in [6.45, 7) is 4.49. The van der Waals surface area contributed by atoms with Crippen molar-refractivity contribution in [2.75, 3.05) is 0 Å². The Morgan fingerprint density at radius 2 is 2.42 bits per heavy atom. The average Bonchev–Trinajstić information content (AvgIpc) is 2.53. The van der Waals surface area contributed by atoms with Gasteiger partial charge in [0.15, 0.2) is 11.3 Å². The molecule has 0 unspecified atom stereocenters. The third kappa shape index (κ3) is 2.40. The summed E-state index contributed by atoms with van der Waals surface area (Å²) in [5.74, 6) is 0.901. The van der Waals surface area contributed by atoms with Crippen molar-refractivity contribution in [2.24, 2.45) is 0 Å². The Labute approximate surface area is 72.0 Å². The summed E-state index contributed by atoms with van der Waals surface area (Å²) in [5.41, 5.74) is -0.368. The van der Waals surface area contributed by atoms with Crippen LogP contribution < -0.4 is 5.32 Å². The minimum atomic E-state index is -0.368. The molecule has 64 valence electrons. The lowest BCUT2D eigenvalue weighted by Gasteiger charge is -2.11. The van der Waals surface area contributed by atoms with E-state index in [-0.39, 0.29) is 5.54 Å². The molecule has 12 heavy (non-hydrogen) atoms. The monoisotopic (exact) mass is 165 g/mol. The lowest BCUT2D eigenvalue weighted by atomic mass is 10.1. The molecule has 1 aromatic heterocycles. The molecule has 1 aromatic rings. The molecule has 3 nitrogen and oxygen atoms in total. The first kappa shape index (κ1) is 8.82. The minimum absolute atomic E-state index is 0.368. The fraction of sp³-hybridized carbons (Fsp3) is 0.444. The van der Waals surface area contributed by atoms with Crippen LogP contribution in [0.3, 0.4) is 0 Å². The number of nitrogens with two attached hydrogens (primary N) is 1. The second kappa shape index (κ2) is 3.42. The summed E-state index contributed by atoms with van der Waals surface area (Å²) in [6, 6.07) is 5.96. The van der Waals surface area contributed by atoms with Gasteiger partial charge >= 0.3 is 0 Å². The van der Waals surface area contributed by atoms with E-state index in [1.165, 1.54) is 0 Å². The Hall–Kier alpha value is -1.27. The van der Waals surface area contributed by atoms with Gasteiger partial charge in [-0.25, -0.2) is 0 Å². The van der Waals surface area contributed by atoms with Crippen molar-refractivity contribution in [3.8, 4) is 6.07 Å². The molecule has 0 saturated carbocycles. The molecule has 0 radical (unpaired) electrons. The molecule has 0 saturated heterocycles. The van der Waals surface area contributed by atoms with Gasteiger partial charge in [-0.15, -0.1) is 0 Å². The first-order valence-electron chi connectivity index (χ1n) is 3.92. The quantitative estimate of drug-likeness (QED) is 0.714. The highest BCUT2D eigenvalue weighted by Gasteiger charge is 2.19. The van der Waals surface area contributed by atoms with Gasteiger partial charge in [0, 0.05) is 13.8 Å². The Morgan fingerprint density at radius 1 is 1.67 bits per heavy atom. The molecule has 0 aliphatic heterocycles. The van der Waals surface area contributed by atoms with Gasteiger partial charge in [0.25, 0.3) is 0 Å².